The molecule has 2 N–H and O–H groups in total. The average molecular weight is 311 g/mol. The molecule has 0 aliphatic rings. The highest BCUT2D eigenvalue weighted by Crippen LogP contribution is 2.26. The number of rotatable bonds is 6. The zero-order chi connectivity index (χ0) is 16.4. The molecule has 1 aromatic carbocycles. The Morgan fingerprint density at radius 1 is 1.30 bits per heavy atom. The molecule has 0 fully saturated rings. The van der Waals surface area contributed by atoms with Gasteiger partial charge in [0.25, 0.3) is 0 Å². The Labute approximate surface area is 134 Å². The van der Waals surface area contributed by atoms with Crippen molar-refractivity contribution in [1.29, 1.82) is 0 Å². The molecular formula is C17H21N5O. The molecule has 0 saturated carbocycles. The van der Waals surface area contributed by atoms with Crippen molar-refractivity contribution in [3.05, 3.63) is 48.0 Å². The van der Waals surface area contributed by atoms with Gasteiger partial charge in [-0.15, -0.1) is 0 Å². The van der Waals surface area contributed by atoms with E-state index in [1.807, 2.05) is 23.0 Å². The third-order valence-corrected chi connectivity index (χ3v) is 4.22. The highest BCUT2D eigenvalue weighted by Gasteiger charge is 2.18. The first-order valence-corrected chi connectivity index (χ1v) is 7.92. The molecule has 2 heterocycles. The molecule has 0 saturated heterocycles. The van der Waals surface area contributed by atoms with Crippen molar-refractivity contribution in [3.8, 4) is 0 Å². The second-order valence-electron chi connectivity index (χ2n) is 5.64. The van der Waals surface area contributed by atoms with Crippen LogP contribution in [0.5, 0.6) is 0 Å². The van der Waals surface area contributed by atoms with Crippen LogP contribution >= 0.6 is 0 Å². The third kappa shape index (κ3) is 2.84. The number of nitrogens with two attached hydrogens (primary N) is 1. The van der Waals surface area contributed by atoms with Crippen LogP contribution in [0.25, 0.3) is 11.0 Å². The molecule has 0 radical (unpaired) electrons. The zero-order valence-electron chi connectivity index (χ0n) is 13.4. The van der Waals surface area contributed by atoms with Crippen LogP contribution in [-0.4, -0.2) is 25.2 Å². The quantitative estimate of drug-likeness (QED) is 0.760. The maximum atomic E-state index is 11.4. The average Bonchev–Trinajstić information content (AvgIpc) is 3.16. The Bertz CT molecular complexity index is 815. The monoisotopic (exact) mass is 311 g/mol. The number of hydrogen-bond donors (Lipinski definition) is 1. The Balaban J connectivity index is 2.15. The van der Waals surface area contributed by atoms with Crippen LogP contribution in [0.15, 0.2) is 36.7 Å². The van der Waals surface area contributed by atoms with Crippen molar-refractivity contribution in [1.82, 2.24) is 19.3 Å². The molecule has 3 aromatic rings. The zero-order valence-corrected chi connectivity index (χ0v) is 13.4. The fourth-order valence-electron chi connectivity index (χ4n) is 3.01. The summed E-state index contributed by atoms with van der Waals surface area (Å²) in [7, 11) is 0. The number of carbonyl (C=O) groups is 1. The van der Waals surface area contributed by atoms with E-state index in [1.54, 1.807) is 18.3 Å². The first-order valence-electron chi connectivity index (χ1n) is 7.92. The third-order valence-electron chi connectivity index (χ3n) is 4.22. The number of aromatic nitrogens is 4. The van der Waals surface area contributed by atoms with Crippen LogP contribution in [0.2, 0.25) is 0 Å². The van der Waals surface area contributed by atoms with E-state index in [4.69, 9.17) is 10.7 Å². The summed E-state index contributed by atoms with van der Waals surface area (Å²) in [5.74, 6) is 0.511. The summed E-state index contributed by atoms with van der Waals surface area (Å²) in [5, 5.41) is 4.27. The Morgan fingerprint density at radius 2 is 2.09 bits per heavy atom. The number of amides is 1. The second-order valence-corrected chi connectivity index (χ2v) is 5.64. The number of imidazole rings is 1. The van der Waals surface area contributed by atoms with Gasteiger partial charge in [-0.3, -0.25) is 9.48 Å². The molecule has 0 spiro atoms. The van der Waals surface area contributed by atoms with Crippen molar-refractivity contribution in [2.45, 2.75) is 39.3 Å². The van der Waals surface area contributed by atoms with Gasteiger partial charge in [-0.1, -0.05) is 13.8 Å². The number of benzene rings is 1. The number of fused-ring (bicyclic) bond motifs is 1. The van der Waals surface area contributed by atoms with Gasteiger partial charge in [-0.2, -0.15) is 5.10 Å². The van der Waals surface area contributed by atoms with Crippen LogP contribution in [0, 0.1) is 0 Å². The van der Waals surface area contributed by atoms with Crippen molar-refractivity contribution >= 4 is 16.9 Å². The van der Waals surface area contributed by atoms with Gasteiger partial charge >= 0.3 is 0 Å². The minimum Gasteiger partial charge on any atom is -0.366 e. The van der Waals surface area contributed by atoms with Gasteiger partial charge in [0.05, 0.1) is 17.6 Å². The van der Waals surface area contributed by atoms with E-state index in [0.717, 1.165) is 29.7 Å². The smallest absolute Gasteiger partial charge is 0.248 e. The molecule has 6 heteroatoms. The van der Waals surface area contributed by atoms with Crippen molar-refractivity contribution in [2.24, 2.45) is 5.73 Å². The van der Waals surface area contributed by atoms with Crippen molar-refractivity contribution < 1.29 is 4.79 Å². The normalized spacial score (nSPS) is 11.4. The van der Waals surface area contributed by atoms with Crippen LogP contribution in [0.4, 0.5) is 0 Å². The lowest BCUT2D eigenvalue weighted by Crippen LogP contribution is -2.14. The number of carbonyl (C=O) groups excluding carboxylic acids is 1. The second kappa shape index (κ2) is 6.24. The van der Waals surface area contributed by atoms with E-state index in [-0.39, 0.29) is 0 Å². The minimum absolute atomic E-state index is 0.366. The van der Waals surface area contributed by atoms with Gasteiger partial charge in [0, 0.05) is 24.0 Å². The van der Waals surface area contributed by atoms with Gasteiger partial charge < -0.3 is 10.3 Å². The lowest BCUT2D eigenvalue weighted by atomic mass is 10.1. The van der Waals surface area contributed by atoms with Crippen molar-refractivity contribution in [2.75, 3.05) is 0 Å². The summed E-state index contributed by atoms with van der Waals surface area (Å²) in [6.07, 6.45) is 5.72. The molecule has 0 aliphatic carbocycles. The van der Waals surface area contributed by atoms with E-state index in [9.17, 15) is 4.79 Å². The summed E-state index contributed by atoms with van der Waals surface area (Å²) >= 11 is 0. The molecule has 0 aliphatic heterocycles. The van der Waals surface area contributed by atoms with Gasteiger partial charge in [0.15, 0.2) is 0 Å². The molecule has 2 aromatic heterocycles. The summed E-state index contributed by atoms with van der Waals surface area (Å²) in [6.45, 7) is 4.95. The van der Waals surface area contributed by atoms with Gasteiger partial charge in [0.2, 0.25) is 5.91 Å². The first kappa shape index (κ1) is 15.3. The number of primary amides is 1. The fourth-order valence-corrected chi connectivity index (χ4v) is 3.01. The van der Waals surface area contributed by atoms with E-state index >= 15 is 0 Å². The SMILES string of the molecule is CCC(CC)n1c(Cn2cccn2)nc2cc(C(N)=O)ccc21. The molecule has 3 rings (SSSR count). The minimum atomic E-state index is -0.433. The topological polar surface area (TPSA) is 78.7 Å². The fraction of sp³-hybridized carbons (Fsp3) is 0.353. The van der Waals surface area contributed by atoms with E-state index in [1.165, 1.54) is 0 Å². The first-order chi connectivity index (χ1) is 11.1. The van der Waals surface area contributed by atoms with Crippen LogP contribution in [0.1, 0.15) is 48.9 Å². The summed E-state index contributed by atoms with van der Waals surface area (Å²) in [4.78, 5) is 16.2. The van der Waals surface area contributed by atoms with Gasteiger partial charge in [-0.05, 0) is 37.1 Å². The maximum absolute atomic E-state index is 11.4. The maximum Gasteiger partial charge on any atom is 0.248 e. The Kier molecular flexibility index (Phi) is 4.14. The standard InChI is InChI=1S/C17H21N5O/c1-3-13(4-2)22-15-7-6-12(17(18)23)10-14(15)20-16(22)11-21-9-5-8-19-21/h5-10,13H,3-4,11H2,1-2H3,(H2,18,23). The van der Waals surface area contributed by atoms with Crippen LogP contribution in [-0.2, 0) is 6.54 Å². The lowest BCUT2D eigenvalue weighted by molar-refractivity contribution is 0.100. The molecule has 0 bridgehead atoms. The predicted molar refractivity (Wildman–Crippen MR) is 89.2 cm³/mol. The number of hydrogen-bond acceptors (Lipinski definition) is 3. The summed E-state index contributed by atoms with van der Waals surface area (Å²) in [5.41, 5.74) is 7.70. The molecule has 0 atom stereocenters. The largest absolute Gasteiger partial charge is 0.366 e. The van der Waals surface area contributed by atoms with Gasteiger partial charge in [-0.25, -0.2) is 4.98 Å². The van der Waals surface area contributed by atoms with E-state index in [0.29, 0.717) is 18.2 Å². The van der Waals surface area contributed by atoms with Crippen LogP contribution < -0.4 is 5.73 Å². The van der Waals surface area contributed by atoms with E-state index < -0.39 is 5.91 Å². The molecule has 1 amide bonds. The lowest BCUT2D eigenvalue weighted by Gasteiger charge is -2.19. The Morgan fingerprint density at radius 3 is 2.70 bits per heavy atom. The molecule has 6 nitrogen and oxygen atoms in total. The molecule has 23 heavy (non-hydrogen) atoms. The highest BCUT2D eigenvalue weighted by molar-refractivity contribution is 5.96. The predicted octanol–water partition coefficient (Wildman–Crippen LogP) is 2.74. The molecular weight excluding hydrogens is 290 g/mol. The number of nitrogens with zero attached hydrogens (tertiary/aromatic N) is 4. The molecule has 0 unspecified atom stereocenters. The van der Waals surface area contributed by atoms with Crippen molar-refractivity contribution in [3.63, 3.8) is 0 Å². The van der Waals surface area contributed by atoms with E-state index in [2.05, 4.69) is 23.5 Å². The van der Waals surface area contributed by atoms with Crippen LogP contribution in [0.3, 0.4) is 0 Å². The highest BCUT2D eigenvalue weighted by atomic mass is 16.1. The Hall–Kier alpha value is -2.63. The van der Waals surface area contributed by atoms with Gasteiger partial charge in [0.1, 0.15) is 5.82 Å². The summed E-state index contributed by atoms with van der Waals surface area (Å²) < 4.78 is 4.12. The molecule has 120 valence electrons. The summed E-state index contributed by atoms with van der Waals surface area (Å²) in [6, 6.07) is 7.74.